The van der Waals surface area contributed by atoms with Crippen molar-refractivity contribution in [2.24, 2.45) is 0 Å². The minimum atomic E-state index is -0.340. The molecule has 0 aliphatic carbocycles. The number of carbonyl (C=O) groups excluding carboxylic acids is 2. The van der Waals surface area contributed by atoms with E-state index in [1.54, 1.807) is 41.3 Å². The predicted octanol–water partition coefficient (Wildman–Crippen LogP) is 6.19. The van der Waals surface area contributed by atoms with Crippen LogP contribution in [0.1, 0.15) is 27.0 Å². The number of anilines is 1. The van der Waals surface area contributed by atoms with E-state index in [0.717, 1.165) is 16.7 Å². The van der Waals surface area contributed by atoms with Crippen molar-refractivity contribution in [3.8, 4) is 0 Å². The zero-order chi connectivity index (χ0) is 24.6. The van der Waals surface area contributed by atoms with Crippen molar-refractivity contribution in [1.82, 2.24) is 5.32 Å². The molecular weight excluding hydrogens is 463 g/mol. The van der Waals surface area contributed by atoms with Gasteiger partial charge in [0.25, 0.3) is 5.91 Å². The SMILES string of the molecule is O=C(Cc1cccc(N(Cc2ccc(F)cc2)C(=O)c2ccc(Cl)cc2)c1)NCc1ccccc1. The van der Waals surface area contributed by atoms with Gasteiger partial charge in [0, 0.05) is 22.8 Å². The van der Waals surface area contributed by atoms with E-state index in [1.807, 2.05) is 54.6 Å². The van der Waals surface area contributed by atoms with Gasteiger partial charge in [-0.3, -0.25) is 9.59 Å². The molecule has 2 amide bonds. The minimum absolute atomic E-state index is 0.111. The van der Waals surface area contributed by atoms with Gasteiger partial charge in [0.05, 0.1) is 13.0 Å². The maximum atomic E-state index is 13.5. The van der Waals surface area contributed by atoms with Gasteiger partial charge in [-0.2, -0.15) is 0 Å². The summed E-state index contributed by atoms with van der Waals surface area (Å²) in [5.41, 5.74) is 3.69. The normalized spacial score (nSPS) is 10.6. The smallest absolute Gasteiger partial charge is 0.258 e. The van der Waals surface area contributed by atoms with Crippen LogP contribution in [-0.2, 0) is 24.3 Å². The zero-order valence-corrected chi connectivity index (χ0v) is 19.7. The third-order valence-electron chi connectivity index (χ3n) is 5.51. The fourth-order valence-electron chi connectivity index (χ4n) is 3.68. The Morgan fingerprint density at radius 3 is 2.17 bits per heavy atom. The first-order chi connectivity index (χ1) is 17.0. The van der Waals surface area contributed by atoms with E-state index in [1.165, 1.54) is 12.1 Å². The Bertz CT molecular complexity index is 1290. The Morgan fingerprint density at radius 1 is 0.771 bits per heavy atom. The van der Waals surface area contributed by atoms with E-state index in [2.05, 4.69) is 5.32 Å². The molecule has 0 unspecified atom stereocenters. The van der Waals surface area contributed by atoms with Gasteiger partial charge >= 0.3 is 0 Å². The van der Waals surface area contributed by atoms with Crippen molar-refractivity contribution >= 4 is 29.1 Å². The molecule has 4 rings (SSSR count). The van der Waals surface area contributed by atoms with Gasteiger partial charge in [-0.15, -0.1) is 0 Å². The van der Waals surface area contributed by atoms with E-state index in [9.17, 15) is 14.0 Å². The van der Waals surface area contributed by atoms with Crippen molar-refractivity contribution in [1.29, 1.82) is 0 Å². The van der Waals surface area contributed by atoms with Crippen LogP contribution in [-0.4, -0.2) is 11.8 Å². The van der Waals surface area contributed by atoms with Gasteiger partial charge < -0.3 is 10.2 Å². The number of halogens is 2. The summed E-state index contributed by atoms with van der Waals surface area (Å²) in [4.78, 5) is 27.6. The summed E-state index contributed by atoms with van der Waals surface area (Å²) in [6.45, 7) is 0.691. The van der Waals surface area contributed by atoms with E-state index in [0.29, 0.717) is 22.8 Å². The van der Waals surface area contributed by atoms with Gasteiger partial charge in [-0.05, 0) is 65.2 Å². The van der Waals surface area contributed by atoms with Crippen LogP contribution in [0.4, 0.5) is 10.1 Å². The third kappa shape index (κ3) is 6.78. The summed E-state index contributed by atoms with van der Waals surface area (Å²) in [5, 5.41) is 3.46. The second-order valence-corrected chi connectivity index (χ2v) is 8.57. The molecule has 6 heteroatoms. The molecule has 0 spiro atoms. The molecule has 176 valence electrons. The van der Waals surface area contributed by atoms with Crippen LogP contribution in [0.2, 0.25) is 5.02 Å². The number of carbonyl (C=O) groups is 2. The van der Waals surface area contributed by atoms with Gasteiger partial charge in [0.1, 0.15) is 5.82 Å². The number of amides is 2. The minimum Gasteiger partial charge on any atom is -0.352 e. The van der Waals surface area contributed by atoms with Crippen LogP contribution in [0.3, 0.4) is 0 Å². The van der Waals surface area contributed by atoms with E-state index in [4.69, 9.17) is 11.6 Å². The highest BCUT2D eigenvalue weighted by atomic mass is 35.5. The molecule has 0 saturated heterocycles. The number of hydrogen-bond donors (Lipinski definition) is 1. The molecule has 1 N–H and O–H groups in total. The molecule has 0 aromatic heterocycles. The van der Waals surface area contributed by atoms with Crippen molar-refractivity contribution in [2.45, 2.75) is 19.5 Å². The third-order valence-corrected chi connectivity index (χ3v) is 5.76. The summed E-state index contributed by atoms with van der Waals surface area (Å²) in [6, 6.07) is 29.7. The molecular formula is C29H24ClFN2O2. The number of rotatable bonds is 8. The summed E-state index contributed by atoms with van der Waals surface area (Å²) in [7, 11) is 0. The Balaban J connectivity index is 1.54. The monoisotopic (exact) mass is 486 g/mol. The van der Waals surface area contributed by atoms with E-state index < -0.39 is 0 Å². The molecule has 4 aromatic rings. The first kappa shape index (κ1) is 24.2. The molecule has 0 heterocycles. The van der Waals surface area contributed by atoms with Gasteiger partial charge in [-0.1, -0.05) is 66.2 Å². The van der Waals surface area contributed by atoms with E-state index >= 15 is 0 Å². The first-order valence-corrected chi connectivity index (χ1v) is 11.6. The Labute approximate surface area is 209 Å². The topological polar surface area (TPSA) is 49.4 Å². The van der Waals surface area contributed by atoms with Crippen molar-refractivity contribution < 1.29 is 14.0 Å². The predicted molar refractivity (Wildman–Crippen MR) is 137 cm³/mol. The highest BCUT2D eigenvalue weighted by Crippen LogP contribution is 2.23. The number of nitrogens with one attached hydrogen (secondary N) is 1. The summed E-state index contributed by atoms with van der Waals surface area (Å²) >= 11 is 5.99. The molecule has 35 heavy (non-hydrogen) atoms. The average Bonchev–Trinajstić information content (AvgIpc) is 2.88. The zero-order valence-electron chi connectivity index (χ0n) is 19.0. The van der Waals surface area contributed by atoms with Crippen LogP contribution in [0.25, 0.3) is 0 Å². The van der Waals surface area contributed by atoms with Gasteiger partial charge in [0.2, 0.25) is 5.91 Å². The van der Waals surface area contributed by atoms with Crippen molar-refractivity contribution in [3.63, 3.8) is 0 Å². The molecule has 4 aromatic carbocycles. The lowest BCUT2D eigenvalue weighted by Gasteiger charge is -2.24. The molecule has 0 fully saturated rings. The summed E-state index contributed by atoms with van der Waals surface area (Å²) in [5.74, 6) is -0.676. The Kier molecular flexibility index (Phi) is 7.91. The standard InChI is InChI=1S/C29H24ClFN2O2/c30-25-13-11-24(12-14-25)29(35)33(20-22-9-15-26(31)16-10-22)27-8-4-7-23(17-27)18-28(34)32-19-21-5-2-1-3-6-21/h1-17H,18-20H2,(H,32,34). The maximum Gasteiger partial charge on any atom is 0.258 e. The molecule has 0 aliphatic heterocycles. The molecule has 4 nitrogen and oxygen atoms in total. The summed E-state index contributed by atoms with van der Waals surface area (Å²) in [6.07, 6.45) is 0.181. The molecule has 0 atom stereocenters. The van der Waals surface area contributed by atoms with Gasteiger partial charge in [0.15, 0.2) is 0 Å². The highest BCUT2D eigenvalue weighted by molar-refractivity contribution is 6.30. The molecule has 0 radical (unpaired) electrons. The lowest BCUT2D eigenvalue weighted by atomic mass is 10.1. The van der Waals surface area contributed by atoms with Crippen LogP contribution in [0.15, 0.2) is 103 Å². The van der Waals surface area contributed by atoms with Crippen molar-refractivity contribution in [2.75, 3.05) is 4.90 Å². The second-order valence-electron chi connectivity index (χ2n) is 8.13. The number of benzene rings is 4. The van der Waals surface area contributed by atoms with Crippen LogP contribution < -0.4 is 10.2 Å². The Morgan fingerprint density at radius 2 is 1.46 bits per heavy atom. The van der Waals surface area contributed by atoms with Crippen LogP contribution in [0, 0.1) is 5.82 Å². The molecule has 0 aliphatic rings. The molecule has 0 saturated carbocycles. The largest absolute Gasteiger partial charge is 0.352 e. The van der Waals surface area contributed by atoms with Crippen LogP contribution in [0.5, 0.6) is 0 Å². The maximum absolute atomic E-state index is 13.5. The Hall–Kier alpha value is -3.96. The van der Waals surface area contributed by atoms with E-state index in [-0.39, 0.29) is 30.6 Å². The van der Waals surface area contributed by atoms with Gasteiger partial charge in [-0.25, -0.2) is 4.39 Å². The highest BCUT2D eigenvalue weighted by Gasteiger charge is 2.19. The fraction of sp³-hybridized carbons (Fsp3) is 0.103. The number of hydrogen-bond acceptors (Lipinski definition) is 2. The number of nitrogens with zero attached hydrogens (tertiary/aromatic N) is 1. The fourth-order valence-corrected chi connectivity index (χ4v) is 3.81. The van der Waals surface area contributed by atoms with Crippen molar-refractivity contribution in [3.05, 3.63) is 136 Å². The summed E-state index contributed by atoms with van der Waals surface area (Å²) < 4.78 is 13.4. The lowest BCUT2D eigenvalue weighted by Crippen LogP contribution is -2.30. The molecule has 0 bridgehead atoms. The first-order valence-electron chi connectivity index (χ1n) is 11.2. The lowest BCUT2D eigenvalue weighted by molar-refractivity contribution is -0.120. The van der Waals surface area contributed by atoms with Crippen LogP contribution >= 0.6 is 11.6 Å². The quantitative estimate of drug-likeness (QED) is 0.323. The second kappa shape index (κ2) is 11.4. The average molecular weight is 487 g/mol.